The number of hydrogen-bond acceptors (Lipinski definition) is 5. The highest BCUT2D eigenvalue weighted by molar-refractivity contribution is 5.98. The molecule has 28 heavy (non-hydrogen) atoms. The van der Waals surface area contributed by atoms with Gasteiger partial charge in [0, 0.05) is 24.2 Å². The van der Waals surface area contributed by atoms with Crippen LogP contribution in [-0.2, 0) is 23.4 Å². The maximum Gasteiger partial charge on any atom is 0.278 e. The smallest absolute Gasteiger partial charge is 0.278 e. The zero-order valence-electron chi connectivity index (χ0n) is 16.4. The minimum absolute atomic E-state index is 0.0473. The third-order valence-electron chi connectivity index (χ3n) is 5.76. The molecule has 0 atom stereocenters. The van der Waals surface area contributed by atoms with E-state index in [0.717, 1.165) is 42.5 Å². The van der Waals surface area contributed by atoms with Crippen LogP contribution in [0.1, 0.15) is 40.9 Å². The molecule has 0 saturated carbocycles. The number of rotatable bonds is 5. The van der Waals surface area contributed by atoms with Gasteiger partial charge in [-0.2, -0.15) is 0 Å². The number of carbonyl (C=O) groups is 1. The van der Waals surface area contributed by atoms with E-state index in [0.29, 0.717) is 17.9 Å². The Labute approximate surface area is 165 Å². The summed E-state index contributed by atoms with van der Waals surface area (Å²) in [6, 6.07) is 13.8. The van der Waals surface area contributed by atoms with Crippen molar-refractivity contribution >= 4 is 5.91 Å². The minimum Gasteiger partial charge on any atom is -0.489 e. The van der Waals surface area contributed by atoms with Crippen molar-refractivity contribution in [1.29, 1.82) is 0 Å². The molecule has 0 spiro atoms. The van der Waals surface area contributed by atoms with Crippen molar-refractivity contribution in [2.24, 2.45) is 0 Å². The maximum atomic E-state index is 11.9. The molecule has 0 bridgehead atoms. The average molecular weight is 382 g/mol. The van der Waals surface area contributed by atoms with Crippen LogP contribution >= 0.6 is 0 Å². The summed E-state index contributed by atoms with van der Waals surface area (Å²) in [7, 11) is 0. The van der Waals surface area contributed by atoms with Crippen molar-refractivity contribution in [2.45, 2.75) is 32.5 Å². The topological polar surface area (TPSA) is 62.2 Å². The van der Waals surface area contributed by atoms with Crippen molar-refractivity contribution in [2.75, 3.05) is 26.3 Å². The van der Waals surface area contributed by atoms with Crippen molar-refractivity contribution < 1.29 is 19.5 Å². The van der Waals surface area contributed by atoms with Gasteiger partial charge >= 0.3 is 0 Å². The van der Waals surface area contributed by atoms with Crippen LogP contribution in [0.3, 0.4) is 0 Å². The summed E-state index contributed by atoms with van der Waals surface area (Å²) in [4.78, 5) is 14.3. The molecule has 1 amide bonds. The monoisotopic (exact) mass is 382 g/mol. The van der Waals surface area contributed by atoms with Gasteiger partial charge in [-0.1, -0.05) is 30.3 Å². The van der Waals surface area contributed by atoms with E-state index in [1.807, 2.05) is 6.07 Å². The van der Waals surface area contributed by atoms with E-state index in [9.17, 15) is 10.0 Å². The first-order chi connectivity index (χ1) is 13.5. The second kappa shape index (κ2) is 7.54. The molecule has 4 rings (SSSR count). The molecule has 1 fully saturated rings. The van der Waals surface area contributed by atoms with Gasteiger partial charge in [0.2, 0.25) is 0 Å². The van der Waals surface area contributed by atoms with Gasteiger partial charge in [-0.25, -0.2) is 5.06 Å². The summed E-state index contributed by atoms with van der Waals surface area (Å²) in [5.74, 6) is 0.260. The van der Waals surface area contributed by atoms with Crippen LogP contribution < -0.4 is 4.74 Å². The first-order valence-electron chi connectivity index (χ1n) is 9.64. The summed E-state index contributed by atoms with van der Waals surface area (Å²) in [6.07, 6.45) is 0. The molecule has 148 valence electrons. The number of ether oxygens (including phenoxy) is 2. The predicted molar refractivity (Wildman–Crippen MR) is 104 cm³/mol. The number of amides is 1. The van der Waals surface area contributed by atoms with Gasteiger partial charge in [-0.05, 0) is 37.1 Å². The second-order valence-electron chi connectivity index (χ2n) is 7.79. The summed E-state index contributed by atoms with van der Waals surface area (Å²) in [5, 5.41) is 10.4. The first-order valence-corrected chi connectivity index (χ1v) is 9.64. The van der Waals surface area contributed by atoms with Crippen LogP contribution in [0.25, 0.3) is 0 Å². The van der Waals surface area contributed by atoms with Crippen molar-refractivity contribution in [1.82, 2.24) is 9.96 Å². The molecular weight excluding hydrogens is 356 g/mol. The van der Waals surface area contributed by atoms with E-state index in [2.05, 4.69) is 43.0 Å². The molecule has 0 aliphatic carbocycles. The fraction of sp³-hybridized carbons (Fsp3) is 0.409. The van der Waals surface area contributed by atoms with Crippen LogP contribution in [-0.4, -0.2) is 47.4 Å². The summed E-state index contributed by atoms with van der Waals surface area (Å²) >= 11 is 0. The Morgan fingerprint density at radius 2 is 1.82 bits per heavy atom. The van der Waals surface area contributed by atoms with E-state index in [1.165, 1.54) is 5.56 Å². The Hall–Kier alpha value is -2.41. The second-order valence-corrected chi connectivity index (χ2v) is 7.79. The number of carbonyl (C=O) groups excluding carboxylic acids is 1. The molecule has 1 N–H and O–H groups in total. The molecule has 2 heterocycles. The highest BCUT2D eigenvalue weighted by Crippen LogP contribution is 2.31. The van der Waals surface area contributed by atoms with Gasteiger partial charge in [-0.3, -0.25) is 14.9 Å². The molecule has 0 unspecified atom stereocenters. The highest BCUT2D eigenvalue weighted by atomic mass is 16.5. The number of benzene rings is 2. The highest BCUT2D eigenvalue weighted by Gasteiger charge is 2.30. The van der Waals surface area contributed by atoms with Crippen LogP contribution in [0.15, 0.2) is 42.5 Å². The van der Waals surface area contributed by atoms with Crippen LogP contribution in [0.2, 0.25) is 0 Å². The quantitative estimate of drug-likeness (QED) is 0.805. The van der Waals surface area contributed by atoms with E-state index >= 15 is 0 Å². The van der Waals surface area contributed by atoms with Crippen molar-refractivity contribution in [3.8, 4) is 5.75 Å². The van der Waals surface area contributed by atoms with Crippen LogP contribution in [0.5, 0.6) is 5.75 Å². The summed E-state index contributed by atoms with van der Waals surface area (Å²) < 4.78 is 11.4. The molecule has 2 aliphatic rings. The third kappa shape index (κ3) is 3.51. The number of morpholine rings is 1. The Bertz CT molecular complexity index is 857. The Morgan fingerprint density at radius 3 is 2.54 bits per heavy atom. The van der Waals surface area contributed by atoms with E-state index in [1.54, 1.807) is 12.1 Å². The zero-order valence-corrected chi connectivity index (χ0v) is 16.4. The number of hydroxylamine groups is 2. The number of fused-ring (bicyclic) bond motifs is 1. The molecule has 6 nitrogen and oxygen atoms in total. The Balaban J connectivity index is 1.44. The fourth-order valence-corrected chi connectivity index (χ4v) is 3.90. The van der Waals surface area contributed by atoms with Crippen molar-refractivity contribution in [3.05, 3.63) is 64.7 Å². The lowest BCUT2D eigenvalue weighted by atomic mass is 9.91. The number of hydrogen-bond donors (Lipinski definition) is 1. The standard InChI is InChI=1S/C22H26N2O4/c1-22(2,23-10-12-27-13-11-23)17-8-6-16(7-9-17)15-28-20-5-3-4-18-19(20)14-24(26)21(18)25/h3-9,26H,10-15H2,1-2H3. The van der Waals surface area contributed by atoms with Gasteiger partial charge in [0.25, 0.3) is 5.91 Å². The SMILES string of the molecule is CC(C)(c1ccc(COc2cccc3c2CN(O)C3=O)cc1)N1CCOCC1. The average Bonchev–Trinajstić information content (AvgIpc) is 3.02. The molecule has 6 heteroatoms. The summed E-state index contributed by atoms with van der Waals surface area (Å²) in [5.41, 5.74) is 3.52. The van der Waals surface area contributed by atoms with Crippen molar-refractivity contribution in [3.63, 3.8) is 0 Å². The lowest BCUT2D eigenvalue weighted by molar-refractivity contribution is -0.0581. The minimum atomic E-state index is -0.379. The maximum absolute atomic E-state index is 11.9. The lowest BCUT2D eigenvalue weighted by Crippen LogP contribution is -2.47. The third-order valence-corrected chi connectivity index (χ3v) is 5.76. The largest absolute Gasteiger partial charge is 0.489 e. The van der Waals surface area contributed by atoms with Gasteiger partial charge in [0.15, 0.2) is 0 Å². The van der Waals surface area contributed by atoms with Gasteiger partial charge in [0.1, 0.15) is 12.4 Å². The van der Waals surface area contributed by atoms with E-state index in [4.69, 9.17) is 9.47 Å². The number of nitrogens with zero attached hydrogens (tertiary/aromatic N) is 2. The van der Waals surface area contributed by atoms with Crippen LogP contribution in [0, 0.1) is 0 Å². The Morgan fingerprint density at radius 1 is 1.11 bits per heavy atom. The normalized spacial score (nSPS) is 17.7. The van der Waals surface area contributed by atoms with Gasteiger partial charge < -0.3 is 9.47 Å². The summed E-state index contributed by atoms with van der Waals surface area (Å²) in [6.45, 7) is 8.51. The van der Waals surface area contributed by atoms with Crippen LogP contribution in [0.4, 0.5) is 0 Å². The van der Waals surface area contributed by atoms with Gasteiger partial charge in [0.05, 0.1) is 25.3 Å². The lowest BCUT2D eigenvalue weighted by Gasteiger charge is -2.41. The first kappa shape index (κ1) is 18.9. The fourth-order valence-electron chi connectivity index (χ4n) is 3.90. The molecule has 0 radical (unpaired) electrons. The molecule has 1 saturated heterocycles. The molecule has 2 aromatic rings. The molecule has 2 aromatic carbocycles. The van der Waals surface area contributed by atoms with E-state index in [-0.39, 0.29) is 18.0 Å². The molecular formula is C22H26N2O4. The molecule has 0 aromatic heterocycles. The molecule has 2 aliphatic heterocycles. The van der Waals surface area contributed by atoms with Gasteiger partial charge in [-0.15, -0.1) is 0 Å². The predicted octanol–water partition coefficient (Wildman–Crippen LogP) is 3.18. The van der Waals surface area contributed by atoms with E-state index < -0.39 is 0 Å². The zero-order chi connectivity index (χ0) is 19.7. The Kier molecular flexibility index (Phi) is 5.10.